The second kappa shape index (κ2) is 8.01. The Morgan fingerprint density at radius 1 is 0.964 bits per heavy atom. The molecular weight excluding hydrogens is 428 g/mol. The van der Waals surface area contributed by atoms with Gasteiger partial charge in [-0.25, -0.2) is 0 Å². The molecule has 3 aromatic carbocycles. The first-order chi connectivity index (χ1) is 13.3. The van der Waals surface area contributed by atoms with E-state index >= 15 is 0 Å². The molecule has 0 aliphatic rings. The van der Waals surface area contributed by atoms with Crippen LogP contribution >= 0.6 is 15.9 Å². The average molecular weight is 443 g/mol. The summed E-state index contributed by atoms with van der Waals surface area (Å²) in [6.45, 7) is 0. The zero-order valence-corrected chi connectivity index (χ0v) is 15.9. The Morgan fingerprint density at radius 3 is 2.50 bits per heavy atom. The maximum Gasteiger partial charge on any atom is 0.259 e. The molecule has 0 fully saturated rings. The van der Waals surface area contributed by atoms with Gasteiger partial charge in [-0.1, -0.05) is 22.0 Å². The van der Waals surface area contributed by atoms with Crippen LogP contribution < -0.4 is 5.32 Å². The minimum atomic E-state index is -0.548. The number of hydrogen-bond acceptors (Lipinski definition) is 6. The van der Waals surface area contributed by atoms with Gasteiger partial charge < -0.3 is 25.7 Å². The van der Waals surface area contributed by atoms with Gasteiger partial charge in [0.1, 0.15) is 11.5 Å². The Bertz CT molecular complexity index is 1080. The number of hydrogen-bond donors (Lipinski definition) is 5. The molecule has 28 heavy (non-hydrogen) atoms. The van der Waals surface area contributed by atoms with Crippen LogP contribution in [0.1, 0.15) is 15.9 Å². The summed E-state index contributed by atoms with van der Waals surface area (Å²) in [4.78, 5) is 16.5. The first-order valence-corrected chi connectivity index (χ1v) is 8.82. The Kier molecular flexibility index (Phi) is 5.51. The molecule has 3 rings (SSSR count). The maximum atomic E-state index is 12.3. The van der Waals surface area contributed by atoms with Gasteiger partial charge in [0, 0.05) is 28.0 Å². The standard InChI is InChI=1S/C20H15BrN2O5/c21-12-6-11(19(27)18(26)7-12)10-22-13-2-1-3-14(8-13)23-20(28)16-5-4-15(24)9-17(16)25/h1-10,24-27H,(H,23,28). The van der Waals surface area contributed by atoms with E-state index in [0.717, 1.165) is 6.07 Å². The highest BCUT2D eigenvalue weighted by atomic mass is 79.9. The minimum absolute atomic E-state index is 0.0150. The zero-order chi connectivity index (χ0) is 20.3. The highest BCUT2D eigenvalue weighted by Crippen LogP contribution is 2.32. The van der Waals surface area contributed by atoms with Crippen molar-refractivity contribution in [3.8, 4) is 23.0 Å². The van der Waals surface area contributed by atoms with Crippen LogP contribution in [0.2, 0.25) is 0 Å². The molecule has 7 nitrogen and oxygen atoms in total. The molecule has 0 radical (unpaired) electrons. The number of amides is 1. The summed E-state index contributed by atoms with van der Waals surface area (Å²) in [5, 5.41) is 41.3. The fourth-order valence-electron chi connectivity index (χ4n) is 2.42. The van der Waals surface area contributed by atoms with Gasteiger partial charge >= 0.3 is 0 Å². The molecule has 0 spiro atoms. The second-order valence-electron chi connectivity index (χ2n) is 5.83. The lowest BCUT2D eigenvalue weighted by Crippen LogP contribution is -2.11. The van der Waals surface area contributed by atoms with Crippen LogP contribution in [0, 0.1) is 0 Å². The van der Waals surface area contributed by atoms with Crippen molar-refractivity contribution in [3.63, 3.8) is 0 Å². The lowest BCUT2D eigenvalue weighted by atomic mass is 10.1. The topological polar surface area (TPSA) is 122 Å². The molecule has 8 heteroatoms. The summed E-state index contributed by atoms with van der Waals surface area (Å²) in [6, 6.07) is 13.3. The Hall–Kier alpha value is -3.52. The van der Waals surface area contributed by atoms with Gasteiger partial charge in [-0.05, 0) is 42.5 Å². The lowest BCUT2D eigenvalue weighted by molar-refractivity contribution is 0.102. The smallest absolute Gasteiger partial charge is 0.259 e. The summed E-state index contributed by atoms with van der Waals surface area (Å²) in [5.74, 6) is -1.60. The molecule has 0 heterocycles. The van der Waals surface area contributed by atoms with Gasteiger partial charge in [0.25, 0.3) is 5.91 Å². The third-order valence-corrected chi connectivity index (χ3v) is 4.22. The van der Waals surface area contributed by atoms with Crippen molar-refractivity contribution in [1.82, 2.24) is 0 Å². The largest absolute Gasteiger partial charge is 0.508 e. The van der Waals surface area contributed by atoms with E-state index in [1.54, 1.807) is 30.3 Å². The summed E-state index contributed by atoms with van der Waals surface area (Å²) in [5.41, 5.74) is 1.26. The van der Waals surface area contributed by atoms with Crippen LogP contribution in [-0.2, 0) is 0 Å². The molecule has 0 bridgehead atoms. The molecule has 0 atom stereocenters. The quantitative estimate of drug-likeness (QED) is 0.305. The van der Waals surface area contributed by atoms with Crippen molar-refractivity contribution in [2.45, 2.75) is 0 Å². The molecule has 0 aromatic heterocycles. The van der Waals surface area contributed by atoms with Crippen molar-refractivity contribution in [1.29, 1.82) is 0 Å². The number of anilines is 1. The maximum absolute atomic E-state index is 12.3. The molecule has 0 saturated heterocycles. The summed E-state index contributed by atoms with van der Waals surface area (Å²) in [7, 11) is 0. The van der Waals surface area contributed by atoms with Gasteiger partial charge in [0.05, 0.1) is 11.3 Å². The van der Waals surface area contributed by atoms with E-state index in [4.69, 9.17) is 0 Å². The van der Waals surface area contributed by atoms with Crippen LogP contribution in [0.25, 0.3) is 0 Å². The molecule has 5 N–H and O–H groups in total. The number of aromatic hydroxyl groups is 4. The number of carbonyl (C=O) groups is 1. The first-order valence-electron chi connectivity index (χ1n) is 8.02. The third-order valence-electron chi connectivity index (χ3n) is 3.77. The molecular formula is C20H15BrN2O5. The number of rotatable bonds is 4. The van der Waals surface area contributed by atoms with E-state index in [9.17, 15) is 25.2 Å². The molecule has 142 valence electrons. The third kappa shape index (κ3) is 4.41. The monoisotopic (exact) mass is 442 g/mol. The van der Waals surface area contributed by atoms with Gasteiger partial charge in [-0.15, -0.1) is 0 Å². The predicted octanol–water partition coefficient (Wildman–Crippen LogP) is 4.27. The van der Waals surface area contributed by atoms with Gasteiger partial charge in [0.15, 0.2) is 11.5 Å². The highest BCUT2D eigenvalue weighted by Gasteiger charge is 2.12. The minimum Gasteiger partial charge on any atom is -0.508 e. The van der Waals surface area contributed by atoms with Crippen LogP contribution in [-0.4, -0.2) is 32.5 Å². The number of benzene rings is 3. The Morgan fingerprint density at radius 2 is 1.75 bits per heavy atom. The van der Waals surface area contributed by atoms with Crippen molar-refractivity contribution < 1.29 is 25.2 Å². The van der Waals surface area contributed by atoms with E-state index < -0.39 is 5.91 Å². The second-order valence-corrected chi connectivity index (χ2v) is 6.74. The highest BCUT2D eigenvalue weighted by molar-refractivity contribution is 9.10. The van der Waals surface area contributed by atoms with Gasteiger partial charge in [-0.3, -0.25) is 9.79 Å². The van der Waals surface area contributed by atoms with Crippen LogP contribution in [0.5, 0.6) is 23.0 Å². The van der Waals surface area contributed by atoms with Crippen LogP contribution in [0.3, 0.4) is 0 Å². The van der Waals surface area contributed by atoms with Crippen molar-refractivity contribution >= 4 is 39.4 Å². The molecule has 0 saturated carbocycles. The van der Waals surface area contributed by atoms with E-state index in [-0.39, 0.29) is 28.6 Å². The zero-order valence-electron chi connectivity index (χ0n) is 14.3. The first kappa shape index (κ1) is 19.2. The van der Waals surface area contributed by atoms with E-state index in [2.05, 4.69) is 26.2 Å². The van der Waals surface area contributed by atoms with E-state index in [0.29, 0.717) is 21.4 Å². The Balaban J connectivity index is 1.80. The van der Waals surface area contributed by atoms with Crippen molar-refractivity contribution in [2.75, 3.05) is 5.32 Å². The average Bonchev–Trinajstić information content (AvgIpc) is 2.63. The molecule has 3 aromatic rings. The van der Waals surface area contributed by atoms with Gasteiger partial charge in [-0.2, -0.15) is 0 Å². The number of nitrogens with one attached hydrogen (secondary N) is 1. The SMILES string of the molecule is O=C(Nc1cccc(N=Cc2cc(Br)cc(O)c2O)c1)c1ccc(O)cc1O. The number of halogens is 1. The number of phenols is 4. The molecule has 0 aliphatic carbocycles. The van der Waals surface area contributed by atoms with Crippen molar-refractivity contribution in [2.24, 2.45) is 4.99 Å². The van der Waals surface area contributed by atoms with Gasteiger partial charge in [0.2, 0.25) is 0 Å². The lowest BCUT2D eigenvalue weighted by Gasteiger charge is -2.08. The number of carbonyl (C=O) groups excluding carboxylic acids is 1. The predicted molar refractivity (Wildman–Crippen MR) is 109 cm³/mol. The number of aliphatic imine (C=N–C) groups is 1. The molecule has 0 unspecified atom stereocenters. The normalized spacial score (nSPS) is 10.9. The summed E-state index contributed by atoms with van der Waals surface area (Å²) in [6.07, 6.45) is 1.38. The summed E-state index contributed by atoms with van der Waals surface area (Å²) < 4.78 is 0.582. The summed E-state index contributed by atoms with van der Waals surface area (Å²) >= 11 is 3.23. The Labute approximate surface area is 168 Å². The van der Waals surface area contributed by atoms with E-state index in [1.165, 1.54) is 24.4 Å². The fraction of sp³-hybridized carbons (Fsp3) is 0. The van der Waals surface area contributed by atoms with E-state index in [1.807, 2.05) is 0 Å². The number of nitrogens with zero attached hydrogens (tertiary/aromatic N) is 1. The van der Waals surface area contributed by atoms with Crippen LogP contribution in [0.4, 0.5) is 11.4 Å². The molecule has 1 amide bonds. The van der Waals surface area contributed by atoms with Crippen LogP contribution in [0.15, 0.2) is 64.1 Å². The molecule has 0 aliphatic heterocycles. The number of phenolic OH excluding ortho intramolecular Hbond substituents is 4. The fourth-order valence-corrected chi connectivity index (χ4v) is 2.89. The van der Waals surface area contributed by atoms with Crippen molar-refractivity contribution in [3.05, 3.63) is 70.2 Å².